The van der Waals surface area contributed by atoms with E-state index in [9.17, 15) is 4.79 Å². The van der Waals surface area contributed by atoms with E-state index in [-0.39, 0.29) is 5.97 Å². The van der Waals surface area contributed by atoms with Gasteiger partial charge in [0.2, 0.25) is 0 Å². The fourth-order valence-electron chi connectivity index (χ4n) is 1.02. The molecule has 0 fully saturated rings. The van der Waals surface area contributed by atoms with Gasteiger partial charge in [0.1, 0.15) is 6.61 Å². The van der Waals surface area contributed by atoms with Crippen LogP contribution in [0.25, 0.3) is 0 Å². The first-order chi connectivity index (χ1) is 6.20. The maximum Gasteiger partial charge on any atom is 0.302 e. The molecule has 0 aromatic heterocycles. The molecule has 0 aliphatic carbocycles. The van der Waals surface area contributed by atoms with Crippen LogP contribution in [-0.2, 0) is 9.53 Å². The lowest BCUT2D eigenvalue weighted by Gasteiger charge is -2.15. The number of unbranched alkanes of at least 4 members (excludes halogenated alkanes) is 1. The second kappa shape index (κ2) is 8.05. The minimum Gasteiger partial charge on any atom is -0.464 e. The molecular weight excluding hydrogens is 166 g/mol. The van der Waals surface area contributed by atoms with Crippen molar-refractivity contribution in [2.75, 3.05) is 13.2 Å². The average molecular weight is 187 g/mol. The molecular formula is C10H21NO2. The van der Waals surface area contributed by atoms with Gasteiger partial charge in [0.05, 0.1) is 0 Å². The van der Waals surface area contributed by atoms with E-state index < -0.39 is 0 Å². The van der Waals surface area contributed by atoms with E-state index >= 15 is 0 Å². The third-order valence-corrected chi connectivity index (χ3v) is 1.94. The quantitative estimate of drug-likeness (QED) is 0.487. The summed E-state index contributed by atoms with van der Waals surface area (Å²) in [5.74, 6) is -0.198. The van der Waals surface area contributed by atoms with Gasteiger partial charge < -0.3 is 10.1 Å². The number of hydrogen-bond donors (Lipinski definition) is 1. The summed E-state index contributed by atoms with van der Waals surface area (Å²) in [6.07, 6.45) is 3.37. The normalized spacial score (nSPS) is 12.5. The summed E-state index contributed by atoms with van der Waals surface area (Å²) in [6.45, 7) is 7.20. The van der Waals surface area contributed by atoms with Crippen LogP contribution in [-0.4, -0.2) is 25.2 Å². The van der Waals surface area contributed by atoms with Crippen LogP contribution in [0.1, 0.15) is 40.0 Å². The molecule has 0 bridgehead atoms. The molecule has 0 aromatic carbocycles. The second-order valence-electron chi connectivity index (χ2n) is 3.22. The molecule has 1 atom stereocenters. The van der Waals surface area contributed by atoms with Crippen LogP contribution in [0, 0.1) is 0 Å². The summed E-state index contributed by atoms with van der Waals surface area (Å²) in [7, 11) is 0. The van der Waals surface area contributed by atoms with Gasteiger partial charge in [-0.15, -0.1) is 0 Å². The number of carbonyl (C=O) groups excluding carboxylic acids is 1. The number of nitrogens with one attached hydrogen (secondary N) is 1. The third kappa shape index (κ3) is 7.78. The Kier molecular flexibility index (Phi) is 7.69. The van der Waals surface area contributed by atoms with Crippen molar-refractivity contribution in [3.05, 3.63) is 0 Å². The molecule has 13 heavy (non-hydrogen) atoms. The van der Waals surface area contributed by atoms with Gasteiger partial charge in [-0.25, -0.2) is 0 Å². The summed E-state index contributed by atoms with van der Waals surface area (Å²) >= 11 is 0. The fourth-order valence-corrected chi connectivity index (χ4v) is 1.02. The first-order valence-electron chi connectivity index (χ1n) is 5.07. The maximum atomic E-state index is 10.5. The lowest BCUT2D eigenvalue weighted by molar-refractivity contribution is -0.141. The molecule has 1 N–H and O–H groups in total. The van der Waals surface area contributed by atoms with Crippen LogP contribution in [0.3, 0.4) is 0 Å². The zero-order valence-corrected chi connectivity index (χ0v) is 8.93. The number of ether oxygens (including phenoxy) is 1. The SMILES string of the molecule is CCCCNC(CC)COC(C)=O. The van der Waals surface area contributed by atoms with Crippen LogP contribution in [0.2, 0.25) is 0 Å². The largest absolute Gasteiger partial charge is 0.464 e. The van der Waals surface area contributed by atoms with Crippen LogP contribution in [0.15, 0.2) is 0 Å². The minimum absolute atomic E-state index is 0.198. The molecule has 0 spiro atoms. The van der Waals surface area contributed by atoms with Crippen molar-refractivity contribution in [2.24, 2.45) is 0 Å². The predicted molar refractivity (Wildman–Crippen MR) is 53.6 cm³/mol. The third-order valence-electron chi connectivity index (χ3n) is 1.94. The van der Waals surface area contributed by atoms with Crippen molar-refractivity contribution in [2.45, 2.75) is 46.1 Å². The molecule has 0 rings (SSSR count). The van der Waals surface area contributed by atoms with E-state index in [0.29, 0.717) is 12.6 Å². The zero-order chi connectivity index (χ0) is 10.1. The molecule has 0 radical (unpaired) electrons. The van der Waals surface area contributed by atoms with Gasteiger partial charge >= 0.3 is 5.97 Å². The zero-order valence-electron chi connectivity index (χ0n) is 8.93. The highest BCUT2D eigenvalue weighted by Gasteiger charge is 2.05. The number of hydrogen-bond acceptors (Lipinski definition) is 3. The Morgan fingerprint density at radius 1 is 1.46 bits per heavy atom. The van der Waals surface area contributed by atoms with Crippen molar-refractivity contribution in [3.8, 4) is 0 Å². The molecule has 0 saturated heterocycles. The van der Waals surface area contributed by atoms with E-state index in [0.717, 1.165) is 13.0 Å². The van der Waals surface area contributed by atoms with Crippen LogP contribution < -0.4 is 5.32 Å². The summed E-state index contributed by atoms with van der Waals surface area (Å²) in [4.78, 5) is 10.5. The molecule has 0 aliphatic rings. The molecule has 0 aliphatic heterocycles. The molecule has 0 heterocycles. The topological polar surface area (TPSA) is 38.3 Å². The van der Waals surface area contributed by atoms with E-state index in [1.165, 1.54) is 19.8 Å². The standard InChI is InChI=1S/C10H21NO2/c1-4-6-7-11-10(5-2)8-13-9(3)12/h10-11H,4-8H2,1-3H3. The van der Waals surface area contributed by atoms with Crippen LogP contribution in [0.5, 0.6) is 0 Å². The van der Waals surface area contributed by atoms with Crippen molar-refractivity contribution in [1.82, 2.24) is 5.32 Å². The predicted octanol–water partition coefficient (Wildman–Crippen LogP) is 1.72. The molecule has 0 aromatic rings. The fraction of sp³-hybridized carbons (Fsp3) is 0.900. The van der Waals surface area contributed by atoms with E-state index in [4.69, 9.17) is 4.74 Å². The van der Waals surface area contributed by atoms with Gasteiger partial charge in [-0.05, 0) is 19.4 Å². The summed E-state index contributed by atoms with van der Waals surface area (Å²) < 4.78 is 4.92. The monoisotopic (exact) mass is 187 g/mol. The molecule has 0 amide bonds. The Morgan fingerprint density at radius 2 is 2.15 bits per heavy atom. The molecule has 3 heteroatoms. The smallest absolute Gasteiger partial charge is 0.302 e. The van der Waals surface area contributed by atoms with Crippen molar-refractivity contribution in [1.29, 1.82) is 0 Å². The first kappa shape index (κ1) is 12.4. The first-order valence-corrected chi connectivity index (χ1v) is 5.07. The maximum absolute atomic E-state index is 10.5. The highest BCUT2D eigenvalue weighted by atomic mass is 16.5. The highest BCUT2D eigenvalue weighted by molar-refractivity contribution is 5.65. The Balaban J connectivity index is 3.45. The molecule has 3 nitrogen and oxygen atoms in total. The number of esters is 1. The van der Waals surface area contributed by atoms with Gasteiger partial charge in [0.25, 0.3) is 0 Å². The van der Waals surface area contributed by atoms with E-state index in [1.807, 2.05) is 0 Å². The van der Waals surface area contributed by atoms with Crippen molar-refractivity contribution >= 4 is 5.97 Å². The van der Waals surface area contributed by atoms with Gasteiger partial charge in [0.15, 0.2) is 0 Å². The Labute approximate surface area is 80.8 Å². The number of carbonyl (C=O) groups is 1. The van der Waals surface area contributed by atoms with Gasteiger partial charge in [0, 0.05) is 13.0 Å². The Morgan fingerprint density at radius 3 is 2.62 bits per heavy atom. The van der Waals surface area contributed by atoms with Crippen molar-refractivity contribution in [3.63, 3.8) is 0 Å². The number of rotatable bonds is 7. The second-order valence-corrected chi connectivity index (χ2v) is 3.22. The van der Waals surface area contributed by atoms with Crippen molar-refractivity contribution < 1.29 is 9.53 Å². The average Bonchev–Trinajstić information content (AvgIpc) is 2.10. The minimum atomic E-state index is -0.198. The van der Waals surface area contributed by atoms with Gasteiger partial charge in [-0.3, -0.25) is 4.79 Å². The van der Waals surface area contributed by atoms with Gasteiger partial charge in [-0.2, -0.15) is 0 Å². The lowest BCUT2D eigenvalue weighted by atomic mass is 10.2. The van der Waals surface area contributed by atoms with Crippen LogP contribution >= 0.6 is 0 Å². The van der Waals surface area contributed by atoms with Crippen LogP contribution in [0.4, 0.5) is 0 Å². The summed E-state index contributed by atoms with van der Waals surface area (Å²) in [5, 5.41) is 3.35. The summed E-state index contributed by atoms with van der Waals surface area (Å²) in [6, 6.07) is 0.315. The van der Waals surface area contributed by atoms with E-state index in [1.54, 1.807) is 0 Å². The lowest BCUT2D eigenvalue weighted by Crippen LogP contribution is -2.34. The van der Waals surface area contributed by atoms with Gasteiger partial charge in [-0.1, -0.05) is 20.3 Å². The Bertz CT molecular complexity index is 137. The highest BCUT2D eigenvalue weighted by Crippen LogP contribution is 1.94. The molecule has 78 valence electrons. The Hall–Kier alpha value is -0.570. The van der Waals surface area contributed by atoms with E-state index in [2.05, 4.69) is 19.2 Å². The molecule has 1 unspecified atom stereocenters. The molecule has 0 saturated carbocycles. The summed E-state index contributed by atoms with van der Waals surface area (Å²) in [5.41, 5.74) is 0.